The molecule has 1 unspecified atom stereocenters. The van der Waals surface area contributed by atoms with E-state index < -0.39 is 0 Å². The predicted molar refractivity (Wildman–Crippen MR) is 102 cm³/mol. The SMILES string of the molecule is c1ccc(CNC2[C@H]3CC[C@@H]2[C@H]2CN(Cc4ccccc4)C[C@H]23)cc1. The summed E-state index contributed by atoms with van der Waals surface area (Å²) in [7, 11) is 0. The summed E-state index contributed by atoms with van der Waals surface area (Å²) < 4.78 is 0. The maximum Gasteiger partial charge on any atom is 0.0233 e. The number of benzene rings is 2. The van der Waals surface area contributed by atoms with Gasteiger partial charge in [-0.05, 0) is 47.6 Å². The zero-order chi connectivity index (χ0) is 16.6. The Morgan fingerprint density at radius 1 is 0.720 bits per heavy atom. The smallest absolute Gasteiger partial charge is 0.0233 e. The van der Waals surface area contributed by atoms with Crippen molar-refractivity contribution in [2.45, 2.75) is 32.0 Å². The Hall–Kier alpha value is -1.64. The first-order valence-corrected chi connectivity index (χ1v) is 9.92. The molecule has 5 atom stereocenters. The van der Waals surface area contributed by atoms with Gasteiger partial charge in [-0.15, -0.1) is 0 Å². The van der Waals surface area contributed by atoms with Crippen molar-refractivity contribution in [3.63, 3.8) is 0 Å². The summed E-state index contributed by atoms with van der Waals surface area (Å²) in [5.41, 5.74) is 2.89. The first-order valence-electron chi connectivity index (χ1n) is 9.92. The molecule has 130 valence electrons. The fraction of sp³-hybridized carbons (Fsp3) is 0.478. The second-order valence-corrected chi connectivity index (χ2v) is 8.30. The average Bonchev–Trinajstić information content (AvgIpc) is 3.32. The number of hydrogen-bond donors (Lipinski definition) is 1. The van der Waals surface area contributed by atoms with Crippen LogP contribution in [0.1, 0.15) is 24.0 Å². The van der Waals surface area contributed by atoms with Crippen molar-refractivity contribution in [2.24, 2.45) is 23.7 Å². The Balaban J connectivity index is 1.22. The first-order chi connectivity index (χ1) is 12.4. The van der Waals surface area contributed by atoms with Crippen LogP contribution in [0.4, 0.5) is 0 Å². The Labute approximate surface area is 151 Å². The Morgan fingerprint density at radius 3 is 1.88 bits per heavy atom. The second kappa shape index (κ2) is 6.59. The lowest BCUT2D eigenvalue weighted by Crippen LogP contribution is -2.36. The average molecular weight is 332 g/mol. The van der Waals surface area contributed by atoms with Crippen LogP contribution in [0.15, 0.2) is 60.7 Å². The number of fused-ring (bicyclic) bond motifs is 5. The largest absolute Gasteiger partial charge is 0.309 e. The van der Waals surface area contributed by atoms with E-state index in [1.54, 1.807) is 0 Å². The van der Waals surface area contributed by atoms with Gasteiger partial charge in [-0.2, -0.15) is 0 Å². The minimum absolute atomic E-state index is 0.758. The van der Waals surface area contributed by atoms with Crippen LogP contribution in [0.5, 0.6) is 0 Å². The van der Waals surface area contributed by atoms with Gasteiger partial charge in [-0.25, -0.2) is 0 Å². The van der Waals surface area contributed by atoms with Crippen molar-refractivity contribution >= 4 is 0 Å². The molecular formula is C23H28N2. The molecule has 2 nitrogen and oxygen atoms in total. The molecular weight excluding hydrogens is 304 g/mol. The van der Waals surface area contributed by atoms with Gasteiger partial charge in [0.05, 0.1) is 0 Å². The molecule has 0 amide bonds. The summed E-state index contributed by atoms with van der Waals surface area (Å²) in [6.07, 6.45) is 2.88. The first kappa shape index (κ1) is 15.6. The van der Waals surface area contributed by atoms with Crippen LogP contribution in [0, 0.1) is 23.7 Å². The van der Waals surface area contributed by atoms with Crippen molar-refractivity contribution in [3.8, 4) is 0 Å². The third kappa shape index (κ3) is 2.92. The molecule has 25 heavy (non-hydrogen) atoms. The van der Waals surface area contributed by atoms with Gasteiger partial charge in [-0.1, -0.05) is 60.7 Å². The number of nitrogens with one attached hydrogen (secondary N) is 1. The van der Waals surface area contributed by atoms with Gasteiger partial charge in [0.1, 0.15) is 0 Å². The number of nitrogens with zero attached hydrogens (tertiary/aromatic N) is 1. The van der Waals surface area contributed by atoms with Gasteiger partial charge in [0.25, 0.3) is 0 Å². The molecule has 1 heterocycles. The molecule has 1 saturated heterocycles. The molecule has 0 radical (unpaired) electrons. The molecule has 2 bridgehead atoms. The summed E-state index contributed by atoms with van der Waals surface area (Å²) in [5.74, 6) is 3.66. The second-order valence-electron chi connectivity index (χ2n) is 8.30. The van der Waals surface area contributed by atoms with E-state index in [0.29, 0.717) is 0 Å². The molecule has 0 aromatic heterocycles. The number of likely N-dealkylation sites (tertiary alicyclic amines) is 1. The summed E-state index contributed by atoms with van der Waals surface area (Å²) in [5, 5.41) is 3.93. The lowest BCUT2D eigenvalue weighted by molar-refractivity contribution is 0.264. The molecule has 3 aliphatic rings. The van der Waals surface area contributed by atoms with E-state index in [-0.39, 0.29) is 0 Å². The molecule has 5 rings (SSSR count). The summed E-state index contributed by atoms with van der Waals surface area (Å²) in [6, 6.07) is 22.6. The Bertz CT molecular complexity index is 675. The fourth-order valence-corrected chi connectivity index (χ4v) is 5.97. The molecule has 2 aliphatic carbocycles. The molecule has 0 spiro atoms. The Kier molecular flexibility index (Phi) is 4.11. The zero-order valence-corrected chi connectivity index (χ0v) is 14.9. The topological polar surface area (TPSA) is 15.3 Å². The third-order valence-corrected chi connectivity index (χ3v) is 6.98. The molecule has 2 heteroatoms. The van der Waals surface area contributed by atoms with Crippen molar-refractivity contribution in [1.82, 2.24) is 10.2 Å². The standard InChI is InChI=1S/C23H28N2/c1-3-7-17(8-4-1)13-24-23-19-11-12-20(23)22-16-25(15-21(19)22)14-18-9-5-2-6-10-18/h1-10,19-24H,11-16H2/t19-,20+,21-,22+,23?. The van der Waals surface area contributed by atoms with Crippen LogP contribution in [-0.4, -0.2) is 24.0 Å². The van der Waals surface area contributed by atoms with Gasteiger partial charge in [0, 0.05) is 32.2 Å². The monoisotopic (exact) mass is 332 g/mol. The maximum absolute atomic E-state index is 3.93. The fourth-order valence-electron chi connectivity index (χ4n) is 5.97. The molecule has 2 aromatic carbocycles. The molecule has 3 fully saturated rings. The number of hydrogen-bond acceptors (Lipinski definition) is 2. The van der Waals surface area contributed by atoms with E-state index >= 15 is 0 Å². The normalized spacial score (nSPS) is 33.7. The minimum atomic E-state index is 0.758. The Morgan fingerprint density at radius 2 is 1.28 bits per heavy atom. The van der Waals surface area contributed by atoms with Crippen LogP contribution in [0.3, 0.4) is 0 Å². The highest BCUT2D eigenvalue weighted by molar-refractivity contribution is 5.17. The van der Waals surface area contributed by atoms with E-state index in [9.17, 15) is 0 Å². The van der Waals surface area contributed by atoms with Gasteiger partial charge in [-0.3, -0.25) is 4.90 Å². The van der Waals surface area contributed by atoms with Crippen LogP contribution in [0.2, 0.25) is 0 Å². The predicted octanol–water partition coefficient (Wildman–Crippen LogP) is 3.93. The van der Waals surface area contributed by atoms with E-state index in [1.807, 2.05) is 0 Å². The van der Waals surface area contributed by atoms with E-state index in [1.165, 1.54) is 37.1 Å². The van der Waals surface area contributed by atoms with Crippen LogP contribution in [0.25, 0.3) is 0 Å². The van der Waals surface area contributed by atoms with Crippen molar-refractivity contribution in [3.05, 3.63) is 71.8 Å². The highest BCUT2D eigenvalue weighted by atomic mass is 15.2. The number of rotatable bonds is 5. The molecule has 2 aromatic rings. The van der Waals surface area contributed by atoms with Crippen molar-refractivity contribution in [2.75, 3.05) is 13.1 Å². The highest BCUT2D eigenvalue weighted by Crippen LogP contribution is 2.55. The van der Waals surface area contributed by atoms with Crippen molar-refractivity contribution in [1.29, 1.82) is 0 Å². The summed E-state index contributed by atoms with van der Waals surface area (Å²) >= 11 is 0. The molecule has 1 aliphatic heterocycles. The third-order valence-electron chi connectivity index (χ3n) is 6.98. The van der Waals surface area contributed by atoms with Crippen molar-refractivity contribution < 1.29 is 0 Å². The van der Waals surface area contributed by atoms with Crippen LogP contribution < -0.4 is 5.32 Å². The van der Waals surface area contributed by atoms with E-state index in [4.69, 9.17) is 0 Å². The van der Waals surface area contributed by atoms with Crippen LogP contribution in [-0.2, 0) is 13.1 Å². The zero-order valence-electron chi connectivity index (χ0n) is 14.9. The van der Waals surface area contributed by atoms with E-state index in [0.717, 1.165) is 42.8 Å². The minimum Gasteiger partial charge on any atom is -0.309 e. The highest BCUT2D eigenvalue weighted by Gasteiger charge is 2.56. The summed E-state index contributed by atoms with van der Waals surface area (Å²) in [4.78, 5) is 2.71. The quantitative estimate of drug-likeness (QED) is 0.892. The van der Waals surface area contributed by atoms with Gasteiger partial charge >= 0.3 is 0 Å². The molecule has 1 N–H and O–H groups in total. The van der Waals surface area contributed by atoms with Gasteiger partial charge in [0.2, 0.25) is 0 Å². The van der Waals surface area contributed by atoms with Gasteiger partial charge in [0.15, 0.2) is 0 Å². The lowest BCUT2D eigenvalue weighted by atomic mass is 9.82. The molecule has 2 saturated carbocycles. The lowest BCUT2D eigenvalue weighted by Gasteiger charge is -2.24. The summed E-state index contributed by atoms with van der Waals surface area (Å²) in [6.45, 7) is 4.79. The maximum atomic E-state index is 3.93. The van der Waals surface area contributed by atoms with E-state index in [2.05, 4.69) is 70.9 Å². The van der Waals surface area contributed by atoms with Crippen LogP contribution >= 0.6 is 0 Å². The van der Waals surface area contributed by atoms with Gasteiger partial charge < -0.3 is 5.32 Å².